The molecule has 0 saturated carbocycles. The topological polar surface area (TPSA) is 60.5 Å². The number of nitrogens with one attached hydrogen (secondary N) is 1. The van der Waals surface area contributed by atoms with Crippen LogP contribution in [0.5, 0.6) is 11.6 Å². The van der Waals surface area contributed by atoms with Gasteiger partial charge in [-0.15, -0.1) is 0 Å². The highest BCUT2D eigenvalue weighted by molar-refractivity contribution is 5.80. The molecule has 1 unspecified atom stereocenters. The molecule has 6 heteroatoms. The summed E-state index contributed by atoms with van der Waals surface area (Å²) in [6, 6.07) is 9.28. The fourth-order valence-corrected chi connectivity index (χ4v) is 1.96. The molecule has 1 aromatic carbocycles. The van der Waals surface area contributed by atoms with E-state index < -0.39 is 11.9 Å². The number of hydrogen-bond donors (Lipinski definition) is 1. The average molecular weight is 332 g/mol. The minimum atomic E-state index is -0.733. The van der Waals surface area contributed by atoms with E-state index in [1.54, 1.807) is 25.3 Å². The second-order valence-electron chi connectivity index (χ2n) is 5.61. The molecule has 1 amide bonds. The van der Waals surface area contributed by atoms with E-state index in [0.717, 1.165) is 5.56 Å². The molecule has 1 aromatic heterocycles. The molecule has 0 aliphatic heterocycles. The number of halogens is 1. The first-order valence-corrected chi connectivity index (χ1v) is 7.75. The third-order valence-corrected chi connectivity index (χ3v) is 3.10. The first-order valence-electron chi connectivity index (χ1n) is 7.75. The highest BCUT2D eigenvalue weighted by atomic mass is 19.1. The summed E-state index contributed by atoms with van der Waals surface area (Å²) in [5.74, 6) is 0.161. The Bertz CT molecular complexity index is 674. The molecule has 1 heterocycles. The normalized spacial score (nSPS) is 11.9. The minimum Gasteiger partial charge on any atom is -0.481 e. The monoisotopic (exact) mass is 332 g/mol. The van der Waals surface area contributed by atoms with Gasteiger partial charge in [-0.25, -0.2) is 9.37 Å². The summed E-state index contributed by atoms with van der Waals surface area (Å²) in [4.78, 5) is 16.2. The number of rotatable bonds is 7. The Balaban J connectivity index is 1.83. The second kappa shape index (κ2) is 8.29. The molecule has 0 fully saturated rings. The van der Waals surface area contributed by atoms with Gasteiger partial charge in [0.15, 0.2) is 6.10 Å². The molecule has 0 spiro atoms. The summed E-state index contributed by atoms with van der Waals surface area (Å²) in [6.45, 7) is 5.79. The van der Waals surface area contributed by atoms with Crippen LogP contribution in [-0.2, 0) is 11.3 Å². The Labute approximate surface area is 140 Å². The van der Waals surface area contributed by atoms with Crippen LogP contribution in [0.2, 0.25) is 0 Å². The van der Waals surface area contributed by atoms with Gasteiger partial charge < -0.3 is 14.8 Å². The number of nitrogens with zero attached hydrogens (tertiary/aromatic N) is 1. The second-order valence-corrected chi connectivity index (χ2v) is 5.61. The average Bonchev–Trinajstić information content (AvgIpc) is 2.53. The summed E-state index contributed by atoms with van der Waals surface area (Å²) < 4.78 is 24.0. The lowest BCUT2D eigenvalue weighted by Gasteiger charge is -2.15. The molecule has 2 aromatic rings. The zero-order chi connectivity index (χ0) is 17.5. The third-order valence-electron chi connectivity index (χ3n) is 3.10. The van der Waals surface area contributed by atoms with Crippen LogP contribution in [0.1, 0.15) is 26.3 Å². The lowest BCUT2D eigenvalue weighted by Crippen LogP contribution is -2.35. The molecule has 24 heavy (non-hydrogen) atoms. The van der Waals surface area contributed by atoms with E-state index in [9.17, 15) is 9.18 Å². The Morgan fingerprint density at radius 1 is 1.21 bits per heavy atom. The quantitative estimate of drug-likeness (QED) is 0.846. The number of pyridine rings is 1. The number of ether oxygens (including phenoxy) is 2. The van der Waals surface area contributed by atoms with Gasteiger partial charge in [-0.3, -0.25) is 4.79 Å². The fourth-order valence-electron chi connectivity index (χ4n) is 1.96. The number of aromatic nitrogens is 1. The van der Waals surface area contributed by atoms with Crippen LogP contribution in [-0.4, -0.2) is 23.1 Å². The van der Waals surface area contributed by atoms with Crippen LogP contribution in [0.3, 0.4) is 0 Å². The molecule has 0 aliphatic rings. The Kier molecular flexibility index (Phi) is 6.12. The molecular weight excluding hydrogens is 311 g/mol. The maximum absolute atomic E-state index is 13.1. The van der Waals surface area contributed by atoms with E-state index in [2.05, 4.69) is 10.3 Å². The zero-order valence-electron chi connectivity index (χ0n) is 14.0. The van der Waals surface area contributed by atoms with Crippen molar-refractivity contribution >= 4 is 5.91 Å². The first kappa shape index (κ1) is 17.7. The van der Waals surface area contributed by atoms with Crippen molar-refractivity contribution in [1.29, 1.82) is 0 Å². The van der Waals surface area contributed by atoms with Crippen molar-refractivity contribution in [2.24, 2.45) is 0 Å². The highest BCUT2D eigenvalue weighted by Crippen LogP contribution is 2.14. The van der Waals surface area contributed by atoms with Gasteiger partial charge in [-0.05, 0) is 38.5 Å². The molecule has 0 aliphatic carbocycles. The van der Waals surface area contributed by atoms with Crippen LogP contribution in [0, 0.1) is 5.82 Å². The molecule has 5 nitrogen and oxygen atoms in total. The molecule has 1 atom stereocenters. The van der Waals surface area contributed by atoms with Crippen LogP contribution in [0.15, 0.2) is 42.6 Å². The van der Waals surface area contributed by atoms with E-state index in [1.165, 1.54) is 18.2 Å². The Hall–Kier alpha value is -2.63. The maximum atomic E-state index is 13.1. The van der Waals surface area contributed by atoms with Crippen LogP contribution >= 0.6 is 0 Å². The summed E-state index contributed by atoms with van der Waals surface area (Å²) in [7, 11) is 0. The van der Waals surface area contributed by atoms with Gasteiger partial charge >= 0.3 is 0 Å². The van der Waals surface area contributed by atoms with Crippen molar-refractivity contribution in [2.45, 2.75) is 39.5 Å². The van der Waals surface area contributed by atoms with Crippen LogP contribution < -0.4 is 14.8 Å². The van der Waals surface area contributed by atoms with Crippen molar-refractivity contribution in [3.8, 4) is 11.6 Å². The van der Waals surface area contributed by atoms with Gasteiger partial charge in [0.05, 0.1) is 6.10 Å². The predicted molar refractivity (Wildman–Crippen MR) is 88.3 cm³/mol. The summed E-state index contributed by atoms with van der Waals surface area (Å²) in [6.07, 6.45) is 0.975. The fraction of sp³-hybridized carbons (Fsp3) is 0.333. The molecular formula is C18H21FN2O3. The van der Waals surface area contributed by atoms with Crippen molar-refractivity contribution in [1.82, 2.24) is 10.3 Å². The van der Waals surface area contributed by atoms with Gasteiger partial charge in [0, 0.05) is 24.9 Å². The zero-order valence-corrected chi connectivity index (χ0v) is 14.0. The minimum absolute atomic E-state index is 0.0591. The number of benzene rings is 1. The van der Waals surface area contributed by atoms with Gasteiger partial charge in [-0.1, -0.05) is 12.1 Å². The van der Waals surface area contributed by atoms with E-state index in [1.807, 2.05) is 19.9 Å². The van der Waals surface area contributed by atoms with Crippen molar-refractivity contribution < 1.29 is 18.7 Å². The first-order chi connectivity index (χ1) is 11.4. The highest BCUT2D eigenvalue weighted by Gasteiger charge is 2.14. The Morgan fingerprint density at radius 3 is 2.62 bits per heavy atom. The van der Waals surface area contributed by atoms with Gasteiger partial charge in [0.2, 0.25) is 5.88 Å². The molecule has 0 bridgehead atoms. The van der Waals surface area contributed by atoms with Crippen molar-refractivity contribution in [3.63, 3.8) is 0 Å². The van der Waals surface area contributed by atoms with E-state index >= 15 is 0 Å². The predicted octanol–water partition coefficient (Wildman–Crippen LogP) is 3.09. The molecule has 0 saturated heterocycles. The lowest BCUT2D eigenvalue weighted by atomic mass is 10.2. The maximum Gasteiger partial charge on any atom is 0.261 e. The molecule has 1 N–H and O–H groups in total. The van der Waals surface area contributed by atoms with E-state index in [-0.39, 0.29) is 12.0 Å². The molecule has 128 valence electrons. The summed E-state index contributed by atoms with van der Waals surface area (Å²) in [5.41, 5.74) is 0.845. The Morgan fingerprint density at radius 2 is 2.00 bits per heavy atom. The van der Waals surface area contributed by atoms with E-state index in [0.29, 0.717) is 18.2 Å². The third kappa shape index (κ3) is 5.53. The number of amides is 1. The molecule has 2 rings (SSSR count). The van der Waals surface area contributed by atoms with Gasteiger partial charge in [0.25, 0.3) is 5.91 Å². The molecule has 0 radical (unpaired) electrons. The lowest BCUT2D eigenvalue weighted by molar-refractivity contribution is -0.127. The SMILES string of the molecule is CC(C)Oc1ccc(CNC(=O)C(C)Oc2cccc(F)c2)cn1. The largest absolute Gasteiger partial charge is 0.481 e. The standard InChI is InChI=1S/C18H21FN2O3/c1-12(2)23-17-8-7-14(10-20-17)11-21-18(22)13(3)24-16-6-4-5-15(19)9-16/h4-10,12-13H,11H2,1-3H3,(H,21,22). The smallest absolute Gasteiger partial charge is 0.261 e. The van der Waals surface area contributed by atoms with Crippen LogP contribution in [0.4, 0.5) is 4.39 Å². The van der Waals surface area contributed by atoms with Gasteiger partial charge in [0.1, 0.15) is 11.6 Å². The van der Waals surface area contributed by atoms with E-state index in [4.69, 9.17) is 9.47 Å². The number of carbonyl (C=O) groups excluding carboxylic acids is 1. The van der Waals surface area contributed by atoms with Gasteiger partial charge in [-0.2, -0.15) is 0 Å². The number of carbonyl (C=O) groups is 1. The summed E-state index contributed by atoms with van der Waals surface area (Å²) >= 11 is 0. The number of hydrogen-bond acceptors (Lipinski definition) is 4. The van der Waals surface area contributed by atoms with Crippen molar-refractivity contribution in [2.75, 3.05) is 0 Å². The van der Waals surface area contributed by atoms with Crippen LogP contribution in [0.25, 0.3) is 0 Å². The van der Waals surface area contributed by atoms with Crippen molar-refractivity contribution in [3.05, 3.63) is 54.0 Å². The summed E-state index contributed by atoms with van der Waals surface area (Å²) in [5, 5.41) is 2.76.